The smallest absolute Gasteiger partial charge is 0.0594 e. The van der Waals surface area contributed by atoms with E-state index in [9.17, 15) is 0 Å². The van der Waals surface area contributed by atoms with Gasteiger partial charge >= 0.3 is 0 Å². The van der Waals surface area contributed by atoms with Gasteiger partial charge < -0.3 is 10.1 Å². The van der Waals surface area contributed by atoms with Crippen molar-refractivity contribution in [2.24, 2.45) is 0 Å². The van der Waals surface area contributed by atoms with Gasteiger partial charge in [0.1, 0.15) is 0 Å². The van der Waals surface area contributed by atoms with E-state index in [1.54, 1.807) is 0 Å². The zero-order valence-electron chi connectivity index (χ0n) is 15.1. The van der Waals surface area contributed by atoms with Crippen LogP contribution >= 0.6 is 0 Å². The number of morpholine rings is 1. The summed E-state index contributed by atoms with van der Waals surface area (Å²) in [6.45, 7) is 7.28. The summed E-state index contributed by atoms with van der Waals surface area (Å²) < 4.78 is 5.40. The molecule has 3 heteroatoms. The van der Waals surface area contributed by atoms with Crippen molar-refractivity contribution in [3.8, 4) is 0 Å². The van der Waals surface area contributed by atoms with Crippen LogP contribution in [0.3, 0.4) is 0 Å². The van der Waals surface area contributed by atoms with Crippen molar-refractivity contribution in [1.82, 2.24) is 10.2 Å². The molecule has 0 radical (unpaired) electrons. The molecule has 3 nitrogen and oxygen atoms in total. The number of hydrogen-bond acceptors (Lipinski definition) is 3. The minimum absolute atomic E-state index is 0.467. The number of rotatable bonds is 9. The lowest BCUT2D eigenvalue weighted by molar-refractivity contribution is 0.0374. The van der Waals surface area contributed by atoms with Crippen LogP contribution in [-0.2, 0) is 4.74 Å². The van der Waals surface area contributed by atoms with Gasteiger partial charge in [0.25, 0.3) is 0 Å². The topological polar surface area (TPSA) is 24.5 Å². The lowest BCUT2D eigenvalue weighted by Crippen LogP contribution is -2.37. The van der Waals surface area contributed by atoms with Crippen molar-refractivity contribution < 1.29 is 4.74 Å². The normalized spacial score (nSPS) is 15.6. The van der Waals surface area contributed by atoms with Crippen molar-refractivity contribution in [2.45, 2.75) is 18.8 Å². The Morgan fingerprint density at radius 2 is 1.44 bits per heavy atom. The van der Waals surface area contributed by atoms with Gasteiger partial charge in [0.15, 0.2) is 0 Å². The predicted molar refractivity (Wildman–Crippen MR) is 104 cm³/mol. The largest absolute Gasteiger partial charge is 0.379 e. The van der Waals surface area contributed by atoms with Crippen LogP contribution in [0.15, 0.2) is 60.7 Å². The van der Waals surface area contributed by atoms with Crippen LogP contribution in [-0.4, -0.2) is 50.8 Å². The Kier molecular flexibility index (Phi) is 7.50. The number of nitrogens with zero attached hydrogens (tertiary/aromatic N) is 1. The summed E-state index contributed by atoms with van der Waals surface area (Å²) >= 11 is 0. The van der Waals surface area contributed by atoms with E-state index < -0.39 is 0 Å². The number of nitrogens with one attached hydrogen (secondary N) is 1. The molecule has 1 heterocycles. The SMILES string of the molecule is c1ccc(C(CCNCCCN2CCOCC2)c2ccccc2)cc1. The molecule has 3 rings (SSSR count). The molecule has 0 saturated carbocycles. The lowest BCUT2D eigenvalue weighted by Gasteiger charge is -2.26. The fraction of sp³-hybridized carbons (Fsp3) is 0.455. The molecule has 0 aliphatic carbocycles. The zero-order chi connectivity index (χ0) is 17.2. The second-order valence-corrected chi connectivity index (χ2v) is 6.72. The maximum atomic E-state index is 5.40. The molecular formula is C22H30N2O. The molecule has 0 unspecified atom stereocenters. The van der Waals surface area contributed by atoms with E-state index in [1.165, 1.54) is 24.1 Å². The van der Waals surface area contributed by atoms with Crippen LogP contribution < -0.4 is 5.32 Å². The average Bonchev–Trinajstić information content (AvgIpc) is 2.69. The molecule has 1 fully saturated rings. The standard InChI is InChI=1S/C22H30N2O/c1-3-8-20(9-4-1)22(21-10-5-2-6-11-21)12-14-23-13-7-15-24-16-18-25-19-17-24/h1-6,8-11,22-23H,7,12-19H2. The lowest BCUT2D eigenvalue weighted by atomic mass is 9.88. The first-order chi connectivity index (χ1) is 12.4. The molecule has 134 valence electrons. The first-order valence-corrected chi connectivity index (χ1v) is 9.54. The third-order valence-electron chi connectivity index (χ3n) is 4.95. The Bertz CT molecular complexity index is 542. The van der Waals surface area contributed by atoms with Gasteiger partial charge in [0, 0.05) is 19.0 Å². The Morgan fingerprint density at radius 1 is 0.840 bits per heavy atom. The van der Waals surface area contributed by atoms with Crippen LogP contribution in [0.1, 0.15) is 29.9 Å². The quantitative estimate of drug-likeness (QED) is 0.708. The Labute approximate surface area is 152 Å². The van der Waals surface area contributed by atoms with Gasteiger partial charge in [-0.3, -0.25) is 4.90 Å². The molecule has 1 aliphatic heterocycles. The Balaban J connectivity index is 1.43. The molecule has 2 aromatic rings. The van der Waals surface area contributed by atoms with Gasteiger partial charge in [-0.25, -0.2) is 0 Å². The second-order valence-electron chi connectivity index (χ2n) is 6.72. The van der Waals surface area contributed by atoms with Crippen LogP contribution in [0.25, 0.3) is 0 Å². The average molecular weight is 338 g/mol. The maximum absolute atomic E-state index is 5.40. The minimum atomic E-state index is 0.467. The van der Waals surface area contributed by atoms with Crippen molar-refractivity contribution in [3.05, 3.63) is 71.8 Å². The van der Waals surface area contributed by atoms with E-state index in [4.69, 9.17) is 4.74 Å². The highest BCUT2D eigenvalue weighted by molar-refractivity contribution is 5.32. The minimum Gasteiger partial charge on any atom is -0.379 e. The van der Waals surface area contributed by atoms with E-state index in [0.29, 0.717) is 5.92 Å². The van der Waals surface area contributed by atoms with E-state index in [-0.39, 0.29) is 0 Å². The fourth-order valence-corrected chi connectivity index (χ4v) is 3.52. The molecule has 0 aromatic heterocycles. The van der Waals surface area contributed by atoms with Crippen LogP contribution in [0.5, 0.6) is 0 Å². The summed E-state index contributed by atoms with van der Waals surface area (Å²) in [5, 5.41) is 3.64. The van der Waals surface area contributed by atoms with Crippen molar-refractivity contribution >= 4 is 0 Å². The third-order valence-corrected chi connectivity index (χ3v) is 4.95. The first kappa shape index (κ1) is 18.1. The van der Waals surface area contributed by atoms with E-state index in [0.717, 1.165) is 45.8 Å². The van der Waals surface area contributed by atoms with Crippen molar-refractivity contribution in [2.75, 3.05) is 45.9 Å². The summed E-state index contributed by atoms with van der Waals surface area (Å²) in [7, 11) is 0. The van der Waals surface area contributed by atoms with Gasteiger partial charge in [-0.05, 0) is 43.6 Å². The molecule has 0 spiro atoms. The molecule has 1 aliphatic rings. The second kappa shape index (κ2) is 10.3. The monoisotopic (exact) mass is 338 g/mol. The molecule has 2 aromatic carbocycles. The summed E-state index contributed by atoms with van der Waals surface area (Å²) in [6, 6.07) is 21.7. The van der Waals surface area contributed by atoms with Crippen LogP contribution in [0, 0.1) is 0 Å². The molecule has 25 heavy (non-hydrogen) atoms. The van der Waals surface area contributed by atoms with E-state index in [1.807, 2.05) is 0 Å². The Hall–Kier alpha value is -1.68. The van der Waals surface area contributed by atoms with Crippen LogP contribution in [0.2, 0.25) is 0 Å². The highest BCUT2D eigenvalue weighted by Crippen LogP contribution is 2.27. The van der Waals surface area contributed by atoms with E-state index >= 15 is 0 Å². The third kappa shape index (κ3) is 5.96. The Morgan fingerprint density at radius 3 is 2.04 bits per heavy atom. The number of ether oxygens (including phenoxy) is 1. The highest BCUT2D eigenvalue weighted by Gasteiger charge is 2.13. The van der Waals surface area contributed by atoms with Crippen LogP contribution in [0.4, 0.5) is 0 Å². The molecule has 0 bridgehead atoms. The van der Waals surface area contributed by atoms with Gasteiger partial charge in [0.2, 0.25) is 0 Å². The summed E-state index contributed by atoms with van der Waals surface area (Å²) in [5.74, 6) is 0.467. The molecule has 0 atom stereocenters. The van der Waals surface area contributed by atoms with E-state index in [2.05, 4.69) is 70.9 Å². The van der Waals surface area contributed by atoms with Gasteiger partial charge in [-0.15, -0.1) is 0 Å². The maximum Gasteiger partial charge on any atom is 0.0594 e. The summed E-state index contributed by atoms with van der Waals surface area (Å²) in [4.78, 5) is 2.50. The molecular weight excluding hydrogens is 308 g/mol. The molecule has 1 saturated heterocycles. The molecule has 1 N–H and O–H groups in total. The molecule has 0 amide bonds. The highest BCUT2D eigenvalue weighted by atomic mass is 16.5. The fourth-order valence-electron chi connectivity index (χ4n) is 3.52. The predicted octanol–water partition coefficient (Wildman–Crippen LogP) is 3.52. The van der Waals surface area contributed by atoms with Gasteiger partial charge in [-0.1, -0.05) is 60.7 Å². The number of benzene rings is 2. The van der Waals surface area contributed by atoms with Gasteiger partial charge in [0.05, 0.1) is 13.2 Å². The first-order valence-electron chi connectivity index (χ1n) is 9.54. The summed E-state index contributed by atoms with van der Waals surface area (Å²) in [6.07, 6.45) is 2.34. The van der Waals surface area contributed by atoms with Gasteiger partial charge in [-0.2, -0.15) is 0 Å². The van der Waals surface area contributed by atoms with Crippen molar-refractivity contribution in [1.29, 1.82) is 0 Å². The van der Waals surface area contributed by atoms with Crippen molar-refractivity contribution in [3.63, 3.8) is 0 Å². The zero-order valence-corrected chi connectivity index (χ0v) is 15.1. The summed E-state index contributed by atoms with van der Waals surface area (Å²) in [5.41, 5.74) is 2.81. The number of hydrogen-bond donors (Lipinski definition) is 1.